The lowest BCUT2D eigenvalue weighted by atomic mass is 9.97. The number of carbonyl (C=O) groups excluding carboxylic acids is 3. The van der Waals surface area contributed by atoms with E-state index in [0.29, 0.717) is 25.9 Å². The van der Waals surface area contributed by atoms with Crippen LogP contribution in [0, 0.1) is 5.92 Å². The number of nitrogens with one attached hydrogen (secondary N) is 1. The quantitative estimate of drug-likeness (QED) is 0.781. The standard InChI is InChI=1S/C21H30N2O5/c1-15(16-8-6-5-7-9-16)22-18(24)14-27-19(25)17-10-12-23(13-11-17)20(26)28-21(2,3)4/h5-9,15,17H,10-14H2,1-4H3,(H,22,24)/t15-/m1/s1. The highest BCUT2D eigenvalue weighted by atomic mass is 16.6. The van der Waals surface area contributed by atoms with Crippen LogP contribution in [-0.4, -0.2) is 48.2 Å². The third kappa shape index (κ3) is 6.87. The summed E-state index contributed by atoms with van der Waals surface area (Å²) in [4.78, 5) is 37.9. The number of likely N-dealkylation sites (tertiary alicyclic amines) is 1. The first kappa shape index (κ1) is 21.7. The maximum Gasteiger partial charge on any atom is 0.410 e. The lowest BCUT2D eigenvalue weighted by Gasteiger charge is -2.32. The molecular weight excluding hydrogens is 360 g/mol. The molecule has 1 aliphatic heterocycles. The van der Waals surface area contributed by atoms with Crippen LogP contribution in [0.1, 0.15) is 52.1 Å². The average molecular weight is 390 g/mol. The summed E-state index contributed by atoms with van der Waals surface area (Å²) in [6, 6.07) is 9.41. The Morgan fingerprint density at radius 1 is 1.14 bits per heavy atom. The van der Waals surface area contributed by atoms with Crippen molar-refractivity contribution in [3.05, 3.63) is 35.9 Å². The van der Waals surface area contributed by atoms with E-state index in [4.69, 9.17) is 9.47 Å². The van der Waals surface area contributed by atoms with E-state index in [0.717, 1.165) is 5.56 Å². The molecule has 154 valence electrons. The molecule has 1 saturated heterocycles. The predicted octanol–water partition coefficient (Wildman–Crippen LogP) is 3.05. The number of rotatable bonds is 5. The number of ether oxygens (including phenoxy) is 2. The Morgan fingerprint density at radius 3 is 2.32 bits per heavy atom. The minimum atomic E-state index is -0.545. The van der Waals surface area contributed by atoms with Gasteiger partial charge in [-0.2, -0.15) is 0 Å². The van der Waals surface area contributed by atoms with Crippen LogP contribution in [0.5, 0.6) is 0 Å². The van der Waals surface area contributed by atoms with Gasteiger partial charge in [0.15, 0.2) is 6.61 Å². The lowest BCUT2D eigenvalue weighted by molar-refractivity contribution is -0.154. The van der Waals surface area contributed by atoms with Crippen molar-refractivity contribution in [3.8, 4) is 0 Å². The first-order valence-corrected chi connectivity index (χ1v) is 9.64. The number of nitrogens with zero attached hydrogens (tertiary/aromatic N) is 1. The van der Waals surface area contributed by atoms with E-state index < -0.39 is 11.6 Å². The molecule has 0 unspecified atom stereocenters. The van der Waals surface area contributed by atoms with E-state index in [1.165, 1.54) is 0 Å². The van der Waals surface area contributed by atoms with Crippen LogP contribution in [0.15, 0.2) is 30.3 Å². The normalized spacial score (nSPS) is 16.2. The van der Waals surface area contributed by atoms with E-state index in [-0.39, 0.29) is 30.6 Å². The molecule has 1 atom stereocenters. The maximum absolute atomic E-state index is 12.2. The lowest BCUT2D eigenvalue weighted by Crippen LogP contribution is -2.43. The van der Waals surface area contributed by atoms with Crippen LogP contribution in [0.4, 0.5) is 4.79 Å². The summed E-state index contributed by atoms with van der Waals surface area (Å²) < 4.78 is 10.5. The Labute approximate surface area is 166 Å². The van der Waals surface area contributed by atoms with Gasteiger partial charge in [0, 0.05) is 13.1 Å². The molecule has 0 bridgehead atoms. The summed E-state index contributed by atoms with van der Waals surface area (Å²) in [5, 5.41) is 2.81. The molecule has 0 aliphatic carbocycles. The summed E-state index contributed by atoms with van der Waals surface area (Å²) in [5.41, 5.74) is 0.439. The molecule has 1 aliphatic rings. The number of benzene rings is 1. The van der Waals surface area contributed by atoms with Crippen LogP contribution in [0.3, 0.4) is 0 Å². The summed E-state index contributed by atoms with van der Waals surface area (Å²) in [5.74, 6) is -1.04. The highest BCUT2D eigenvalue weighted by Gasteiger charge is 2.31. The minimum Gasteiger partial charge on any atom is -0.455 e. The van der Waals surface area contributed by atoms with E-state index in [1.54, 1.807) is 4.90 Å². The molecule has 7 heteroatoms. The molecule has 1 aromatic rings. The first-order chi connectivity index (χ1) is 13.2. The second-order valence-electron chi connectivity index (χ2n) is 8.05. The predicted molar refractivity (Wildman–Crippen MR) is 104 cm³/mol. The molecule has 7 nitrogen and oxygen atoms in total. The van der Waals surface area contributed by atoms with E-state index in [1.807, 2.05) is 58.0 Å². The largest absolute Gasteiger partial charge is 0.455 e. The minimum absolute atomic E-state index is 0.163. The summed E-state index contributed by atoms with van der Waals surface area (Å²) in [6.07, 6.45) is 0.633. The zero-order chi connectivity index (χ0) is 20.7. The van der Waals surface area contributed by atoms with Crippen molar-refractivity contribution in [2.45, 2.75) is 52.2 Å². The van der Waals surface area contributed by atoms with Crippen molar-refractivity contribution in [1.29, 1.82) is 0 Å². The number of esters is 1. The van der Waals surface area contributed by atoms with Crippen molar-refractivity contribution in [2.24, 2.45) is 5.92 Å². The molecule has 28 heavy (non-hydrogen) atoms. The Bertz CT molecular complexity index is 676. The number of hydrogen-bond donors (Lipinski definition) is 1. The molecule has 1 fully saturated rings. The van der Waals surface area contributed by atoms with Gasteiger partial charge < -0.3 is 19.7 Å². The van der Waals surface area contributed by atoms with E-state index >= 15 is 0 Å². The maximum atomic E-state index is 12.2. The molecular formula is C21H30N2O5. The van der Waals surface area contributed by atoms with Gasteiger partial charge in [0.2, 0.25) is 0 Å². The van der Waals surface area contributed by atoms with Gasteiger partial charge in [-0.25, -0.2) is 4.79 Å². The highest BCUT2D eigenvalue weighted by molar-refractivity contribution is 5.81. The summed E-state index contributed by atoms with van der Waals surface area (Å²) >= 11 is 0. The topological polar surface area (TPSA) is 84.9 Å². The van der Waals surface area contributed by atoms with Crippen molar-refractivity contribution in [1.82, 2.24) is 10.2 Å². The Hall–Kier alpha value is -2.57. The third-order valence-electron chi connectivity index (χ3n) is 4.50. The summed E-state index contributed by atoms with van der Waals surface area (Å²) in [7, 11) is 0. The monoisotopic (exact) mass is 390 g/mol. The van der Waals surface area contributed by atoms with E-state index in [2.05, 4.69) is 5.32 Å². The molecule has 0 radical (unpaired) electrons. The third-order valence-corrected chi connectivity index (χ3v) is 4.50. The zero-order valence-corrected chi connectivity index (χ0v) is 17.1. The number of piperidine rings is 1. The molecule has 2 rings (SSSR count). The first-order valence-electron chi connectivity index (χ1n) is 9.64. The zero-order valence-electron chi connectivity index (χ0n) is 17.1. The fourth-order valence-corrected chi connectivity index (χ4v) is 2.99. The van der Waals surface area contributed by atoms with Gasteiger partial charge in [-0.1, -0.05) is 30.3 Å². The van der Waals surface area contributed by atoms with Gasteiger partial charge in [-0.15, -0.1) is 0 Å². The Morgan fingerprint density at radius 2 is 1.75 bits per heavy atom. The van der Waals surface area contributed by atoms with Gasteiger partial charge in [0.1, 0.15) is 5.60 Å². The molecule has 1 aromatic carbocycles. The number of amides is 2. The smallest absolute Gasteiger partial charge is 0.410 e. The second-order valence-corrected chi connectivity index (χ2v) is 8.05. The van der Waals surface area contributed by atoms with Gasteiger partial charge in [0.05, 0.1) is 12.0 Å². The highest BCUT2D eigenvalue weighted by Crippen LogP contribution is 2.21. The van der Waals surface area contributed by atoms with Crippen molar-refractivity contribution in [2.75, 3.05) is 19.7 Å². The van der Waals surface area contributed by atoms with E-state index in [9.17, 15) is 14.4 Å². The van der Waals surface area contributed by atoms with Gasteiger partial charge >= 0.3 is 12.1 Å². The molecule has 0 saturated carbocycles. The molecule has 0 spiro atoms. The number of hydrogen-bond acceptors (Lipinski definition) is 5. The Kier molecular flexibility index (Phi) is 7.43. The molecule has 1 heterocycles. The molecule has 1 N–H and O–H groups in total. The SMILES string of the molecule is C[C@@H](NC(=O)COC(=O)C1CCN(C(=O)OC(C)(C)C)CC1)c1ccccc1. The average Bonchev–Trinajstić information content (AvgIpc) is 2.65. The van der Waals surface area contributed by atoms with Crippen LogP contribution in [0.25, 0.3) is 0 Å². The molecule has 2 amide bonds. The van der Waals surface area contributed by atoms with Crippen LogP contribution >= 0.6 is 0 Å². The van der Waals surface area contributed by atoms with Crippen LogP contribution in [0.2, 0.25) is 0 Å². The fraction of sp³-hybridized carbons (Fsp3) is 0.571. The van der Waals surface area contributed by atoms with Crippen molar-refractivity contribution >= 4 is 18.0 Å². The number of carbonyl (C=O) groups is 3. The summed E-state index contributed by atoms with van der Waals surface area (Å²) in [6.45, 7) is 7.90. The van der Waals surface area contributed by atoms with Crippen LogP contribution < -0.4 is 5.32 Å². The second kappa shape index (κ2) is 9.57. The molecule has 0 aromatic heterocycles. The van der Waals surface area contributed by atoms with Gasteiger partial charge in [0.25, 0.3) is 5.91 Å². The van der Waals surface area contributed by atoms with Gasteiger partial charge in [-0.3, -0.25) is 9.59 Å². The fourth-order valence-electron chi connectivity index (χ4n) is 2.99. The van der Waals surface area contributed by atoms with Crippen LogP contribution in [-0.2, 0) is 19.1 Å². The van der Waals surface area contributed by atoms with Gasteiger partial charge in [-0.05, 0) is 46.1 Å². The van der Waals surface area contributed by atoms with Crippen molar-refractivity contribution < 1.29 is 23.9 Å². The van der Waals surface area contributed by atoms with Crippen molar-refractivity contribution in [3.63, 3.8) is 0 Å². The Balaban J connectivity index is 1.71.